The van der Waals surface area contributed by atoms with Gasteiger partial charge in [0, 0.05) is 48.9 Å². The molecule has 2 aliphatic heterocycles. The number of carbonyl (C=O) groups excluding carboxylic acids is 4. The van der Waals surface area contributed by atoms with Crippen LogP contribution in [0.2, 0.25) is 0 Å². The minimum Gasteiger partial charge on any atom is -0.482 e. The second-order valence-corrected chi connectivity index (χ2v) is 12.7. The summed E-state index contributed by atoms with van der Waals surface area (Å²) in [6, 6.07) is 18.6. The van der Waals surface area contributed by atoms with E-state index >= 15 is 0 Å². The van der Waals surface area contributed by atoms with Crippen LogP contribution in [-0.4, -0.2) is 59.2 Å². The van der Waals surface area contributed by atoms with Crippen LogP contribution in [0, 0.1) is 0 Å². The molecule has 1 fully saturated rings. The average Bonchev–Trinajstić information content (AvgIpc) is 3.94. The van der Waals surface area contributed by atoms with Crippen molar-refractivity contribution >= 4 is 35.0 Å². The summed E-state index contributed by atoms with van der Waals surface area (Å²) in [6.07, 6.45) is 8.25. The lowest BCUT2D eigenvalue weighted by molar-refractivity contribution is -0.132. The minimum atomic E-state index is -0.215. The number of nitrogens with zero attached hydrogens (tertiary/aromatic N) is 2. The summed E-state index contributed by atoms with van der Waals surface area (Å²) in [7, 11) is 0. The Balaban J connectivity index is 1.04. The molecule has 6 rings (SSSR count). The van der Waals surface area contributed by atoms with Crippen LogP contribution in [0.4, 0.5) is 11.4 Å². The van der Waals surface area contributed by atoms with E-state index < -0.39 is 0 Å². The van der Waals surface area contributed by atoms with Gasteiger partial charge >= 0.3 is 0 Å². The van der Waals surface area contributed by atoms with E-state index in [4.69, 9.17) is 10.5 Å². The number of anilines is 2. The van der Waals surface area contributed by atoms with Crippen molar-refractivity contribution in [1.82, 2.24) is 9.80 Å². The third-order valence-electron chi connectivity index (χ3n) is 9.08. The molecule has 3 aromatic carbocycles. The van der Waals surface area contributed by atoms with Crippen LogP contribution in [0.1, 0.15) is 88.8 Å². The van der Waals surface area contributed by atoms with Gasteiger partial charge < -0.3 is 30.9 Å². The molecule has 4 N–H and O–H groups in total. The second kappa shape index (κ2) is 14.8. The van der Waals surface area contributed by atoms with Crippen molar-refractivity contribution in [3.63, 3.8) is 0 Å². The first-order chi connectivity index (χ1) is 22.9. The number of benzene rings is 3. The van der Waals surface area contributed by atoms with E-state index in [1.807, 2.05) is 40.1 Å². The highest BCUT2D eigenvalue weighted by Gasteiger charge is 2.33. The summed E-state index contributed by atoms with van der Waals surface area (Å²) in [6.45, 7) is 2.41. The number of nitrogens with one attached hydrogen (secondary N) is 2. The summed E-state index contributed by atoms with van der Waals surface area (Å²) < 4.78 is 5.51. The van der Waals surface area contributed by atoms with Gasteiger partial charge in [-0.15, -0.1) is 0 Å². The maximum absolute atomic E-state index is 13.5. The Hall–Kier alpha value is -4.70. The largest absolute Gasteiger partial charge is 0.482 e. The number of amides is 4. The normalized spacial score (nSPS) is 15.4. The molecule has 0 atom stereocenters. The molecule has 4 amide bonds. The maximum Gasteiger partial charge on any atom is 0.262 e. The smallest absolute Gasteiger partial charge is 0.262 e. The molecule has 0 aromatic heterocycles. The van der Waals surface area contributed by atoms with Crippen LogP contribution in [0.3, 0.4) is 0 Å². The van der Waals surface area contributed by atoms with E-state index in [1.165, 1.54) is 0 Å². The molecule has 246 valence electrons. The molecule has 0 spiro atoms. The first kappa shape index (κ1) is 32.2. The summed E-state index contributed by atoms with van der Waals surface area (Å²) in [5.41, 5.74) is 11.1. The molecular weight excluding hydrogens is 594 g/mol. The number of nitrogens with two attached hydrogens (primary N) is 1. The number of unbranched alkanes of at least 4 members (excludes halogenated alkanes) is 3. The highest BCUT2D eigenvalue weighted by atomic mass is 16.5. The maximum atomic E-state index is 13.5. The lowest BCUT2D eigenvalue weighted by Gasteiger charge is -2.24. The Morgan fingerprint density at radius 2 is 1.72 bits per heavy atom. The molecule has 0 saturated heterocycles. The summed E-state index contributed by atoms with van der Waals surface area (Å²) in [5, 5.41) is 5.79. The van der Waals surface area contributed by atoms with Crippen molar-refractivity contribution in [3.8, 4) is 5.75 Å². The number of hydrogen-bond acceptors (Lipinski definition) is 6. The molecular formula is C37H43N5O5. The first-order valence-corrected chi connectivity index (χ1v) is 16.8. The van der Waals surface area contributed by atoms with Gasteiger partial charge in [0.15, 0.2) is 6.61 Å². The molecule has 1 aliphatic carbocycles. The number of hydrogen-bond donors (Lipinski definition) is 3. The topological polar surface area (TPSA) is 134 Å². The van der Waals surface area contributed by atoms with Gasteiger partial charge in [-0.3, -0.25) is 19.2 Å². The molecule has 2 heterocycles. The van der Waals surface area contributed by atoms with Crippen molar-refractivity contribution in [2.75, 3.05) is 30.3 Å². The van der Waals surface area contributed by atoms with Crippen molar-refractivity contribution in [3.05, 3.63) is 88.5 Å². The Kier molecular flexibility index (Phi) is 10.2. The van der Waals surface area contributed by atoms with Crippen molar-refractivity contribution < 1.29 is 23.9 Å². The van der Waals surface area contributed by atoms with Crippen LogP contribution >= 0.6 is 0 Å². The molecule has 3 aliphatic rings. The molecule has 1 saturated carbocycles. The van der Waals surface area contributed by atoms with E-state index in [-0.39, 0.29) is 36.3 Å². The lowest BCUT2D eigenvalue weighted by atomic mass is 10.0. The first-order valence-electron chi connectivity index (χ1n) is 16.8. The van der Waals surface area contributed by atoms with Gasteiger partial charge in [0.05, 0.1) is 5.69 Å². The molecule has 47 heavy (non-hydrogen) atoms. The Morgan fingerprint density at radius 3 is 2.51 bits per heavy atom. The Labute approximate surface area is 275 Å². The summed E-state index contributed by atoms with van der Waals surface area (Å²) >= 11 is 0. The SMILES string of the molecule is NCCCCCCC(=O)N1CCCc2cc(NC(=O)c3ccc(CN(C(=O)c4ccc5c(c4)OCC(=O)N5)C4CC4)cc3)ccc2C1. The number of fused-ring (bicyclic) bond motifs is 2. The highest BCUT2D eigenvalue weighted by molar-refractivity contribution is 6.04. The highest BCUT2D eigenvalue weighted by Crippen LogP contribution is 2.33. The van der Waals surface area contributed by atoms with E-state index in [0.717, 1.165) is 80.3 Å². The summed E-state index contributed by atoms with van der Waals surface area (Å²) in [4.78, 5) is 54.9. The molecule has 0 unspecified atom stereocenters. The predicted octanol–water partition coefficient (Wildman–Crippen LogP) is 5.26. The van der Waals surface area contributed by atoms with E-state index in [2.05, 4.69) is 10.6 Å². The molecule has 10 nitrogen and oxygen atoms in total. The van der Waals surface area contributed by atoms with Crippen LogP contribution in [0.15, 0.2) is 60.7 Å². The fourth-order valence-electron chi connectivity index (χ4n) is 6.27. The minimum absolute atomic E-state index is 0.0684. The monoisotopic (exact) mass is 637 g/mol. The van der Waals surface area contributed by atoms with Gasteiger partial charge in [0.1, 0.15) is 5.75 Å². The van der Waals surface area contributed by atoms with Gasteiger partial charge in [0.25, 0.3) is 17.7 Å². The van der Waals surface area contributed by atoms with Crippen LogP contribution in [0.25, 0.3) is 0 Å². The van der Waals surface area contributed by atoms with Gasteiger partial charge in [0.2, 0.25) is 5.91 Å². The fraction of sp³-hybridized carbons (Fsp3) is 0.405. The number of ether oxygens (including phenoxy) is 1. The summed E-state index contributed by atoms with van der Waals surface area (Å²) in [5.74, 6) is 0.196. The second-order valence-electron chi connectivity index (χ2n) is 12.7. The standard InChI is InChI=1S/C37H43N5O5/c38-18-4-2-1-3-7-35(44)41-19-5-6-27-20-30(14-12-29(27)23-41)39-36(45)26-10-8-25(9-11-26)22-42(31-15-16-31)37(46)28-13-17-32-33(21-28)47-24-34(43)40-32/h8-14,17,20-21,31H,1-7,15-16,18-19,22-24,38H2,(H,39,45)(H,40,43). The Morgan fingerprint density at radius 1 is 0.936 bits per heavy atom. The van der Waals surface area contributed by atoms with Crippen molar-refractivity contribution in [1.29, 1.82) is 0 Å². The zero-order valence-corrected chi connectivity index (χ0v) is 26.8. The quantitative estimate of drug-likeness (QED) is 0.232. The third kappa shape index (κ3) is 8.18. The fourth-order valence-corrected chi connectivity index (χ4v) is 6.27. The van der Waals surface area contributed by atoms with Crippen LogP contribution in [0.5, 0.6) is 5.75 Å². The average molecular weight is 638 g/mol. The molecule has 0 bridgehead atoms. The van der Waals surface area contributed by atoms with Gasteiger partial charge in [-0.1, -0.05) is 31.0 Å². The van der Waals surface area contributed by atoms with Crippen LogP contribution in [-0.2, 0) is 29.1 Å². The van der Waals surface area contributed by atoms with E-state index in [1.54, 1.807) is 30.3 Å². The molecule has 3 aromatic rings. The zero-order chi connectivity index (χ0) is 32.8. The zero-order valence-electron chi connectivity index (χ0n) is 26.8. The van der Waals surface area contributed by atoms with Gasteiger partial charge in [-0.05, 0) is 104 Å². The van der Waals surface area contributed by atoms with Crippen molar-refractivity contribution in [2.45, 2.75) is 76.9 Å². The number of carbonyl (C=O) groups is 4. The Bertz CT molecular complexity index is 1630. The third-order valence-corrected chi connectivity index (χ3v) is 9.08. The van der Waals surface area contributed by atoms with Crippen LogP contribution < -0.4 is 21.1 Å². The van der Waals surface area contributed by atoms with E-state index in [0.29, 0.717) is 48.6 Å². The van der Waals surface area contributed by atoms with E-state index in [9.17, 15) is 19.2 Å². The number of aryl methyl sites for hydroxylation is 1. The lowest BCUT2D eigenvalue weighted by Crippen LogP contribution is -2.33. The van der Waals surface area contributed by atoms with Gasteiger partial charge in [-0.25, -0.2) is 0 Å². The molecule has 10 heteroatoms. The predicted molar refractivity (Wildman–Crippen MR) is 180 cm³/mol. The van der Waals surface area contributed by atoms with Crippen molar-refractivity contribution in [2.24, 2.45) is 5.73 Å². The molecule has 0 radical (unpaired) electrons. The van der Waals surface area contributed by atoms with Gasteiger partial charge in [-0.2, -0.15) is 0 Å². The number of rotatable bonds is 12.